The Morgan fingerprint density at radius 1 is 1.40 bits per heavy atom. The number of carbonyl (C=O) groups excluding carboxylic acids is 1. The van der Waals surface area contributed by atoms with Crippen LogP contribution in [0.3, 0.4) is 0 Å². The van der Waals surface area contributed by atoms with E-state index >= 15 is 0 Å². The Balaban J connectivity index is 1.83. The Morgan fingerprint density at radius 2 is 2.20 bits per heavy atom. The Bertz CT molecular complexity index is 623. The number of phenols is 1. The average Bonchev–Trinajstić information content (AvgIpc) is 3.15. The highest BCUT2D eigenvalue weighted by Gasteiger charge is 2.33. The van der Waals surface area contributed by atoms with Gasteiger partial charge in [0.1, 0.15) is 5.75 Å². The molecule has 3 nitrogen and oxygen atoms in total. The minimum atomic E-state index is 0.00500. The lowest BCUT2D eigenvalue weighted by atomic mass is 10.1. The molecule has 0 atom stereocenters. The molecular formula is C15H14INO2S. The topological polar surface area (TPSA) is 40.5 Å². The number of amides is 1. The van der Waals surface area contributed by atoms with Crippen LogP contribution in [0.4, 0.5) is 0 Å². The van der Waals surface area contributed by atoms with Crippen LogP contribution in [0.25, 0.3) is 0 Å². The maximum Gasteiger partial charge on any atom is 0.254 e. The summed E-state index contributed by atoms with van der Waals surface area (Å²) in [6.07, 6.45) is 2.15. The normalized spacial score (nSPS) is 14.2. The molecule has 1 aliphatic carbocycles. The number of hydrogen-bond donors (Lipinski definition) is 1. The van der Waals surface area contributed by atoms with Crippen molar-refractivity contribution in [1.29, 1.82) is 0 Å². The maximum absolute atomic E-state index is 12.6. The van der Waals surface area contributed by atoms with Gasteiger partial charge >= 0.3 is 0 Å². The van der Waals surface area contributed by atoms with Crippen LogP contribution in [0.5, 0.6) is 5.75 Å². The van der Waals surface area contributed by atoms with Crippen molar-refractivity contribution in [2.45, 2.75) is 25.4 Å². The van der Waals surface area contributed by atoms with Gasteiger partial charge in [-0.2, -0.15) is 11.3 Å². The average molecular weight is 399 g/mol. The number of hydrogen-bond acceptors (Lipinski definition) is 3. The second-order valence-corrected chi connectivity index (χ2v) is 6.90. The molecule has 1 aliphatic rings. The fourth-order valence-electron chi connectivity index (χ4n) is 2.14. The number of phenolic OH excluding ortho intramolecular Hbond substituents is 1. The Morgan fingerprint density at radius 3 is 2.80 bits per heavy atom. The van der Waals surface area contributed by atoms with Crippen LogP contribution >= 0.6 is 33.9 Å². The Kier molecular flexibility index (Phi) is 3.98. The lowest BCUT2D eigenvalue weighted by molar-refractivity contribution is 0.0729. The van der Waals surface area contributed by atoms with Crippen LogP contribution < -0.4 is 0 Å². The molecule has 2 aromatic rings. The summed E-state index contributed by atoms with van der Waals surface area (Å²) in [6, 6.07) is 7.53. The number of halogens is 1. The van der Waals surface area contributed by atoms with Gasteiger partial charge in [-0.1, -0.05) is 0 Å². The first-order chi connectivity index (χ1) is 9.65. The van der Waals surface area contributed by atoms with Crippen molar-refractivity contribution in [2.24, 2.45) is 0 Å². The molecule has 0 radical (unpaired) electrons. The summed E-state index contributed by atoms with van der Waals surface area (Å²) >= 11 is 3.70. The van der Waals surface area contributed by atoms with Gasteiger partial charge in [-0.25, -0.2) is 0 Å². The highest BCUT2D eigenvalue weighted by Crippen LogP contribution is 2.31. The van der Waals surface area contributed by atoms with E-state index in [9.17, 15) is 9.90 Å². The summed E-state index contributed by atoms with van der Waals surface area (Å²) in [5, 5.41) is 13.9. The number of benzene rings is 1. The van der Waals surface area contributed by atoms with E-state index in [1.807, 2.05) is 10.3 Å². The Hall–Kier alpha value is -1.08. The summed E-state index contributed by atoms with van der Waals surface area (Å²) in [5.74, 6) is 0.174. The van der Waals surface area contributed by atoms with Gasteiger partial charge in [0.25, 0.3) is 5.91 Å². The van der Waals surface area contributed by atoms with E-state index in [1.165, 1.54) is 5.56 Å². The van der Waals surface area contributed by atoms with E-state index in [0.29, 0.717) is 18.2 Å². The van der Waals surface area contributed by atoms with E-state index in [0.717, 1.165) is 16.4 Å². The van der Waals surface area contributed by atoms with Gasteiger partial charge in [-0.05, 0) is 76.0 Å². The molecule has 3 rings (SSSR count). The van der Waals surface area contributed by atoms with E-state index in [1.54, 1.807) is 29.5 Å². The first kappa shape index (κ1) is 13.9. The summed E-state index contributed by atoms with van der Waals surface area (Å²) in [4.78, 5) is 14.6. The number of aromatic hydroxyl groups is 1. The smallest absolute Gasteiger partial charge is 0.254 e. The third-order valence-electron chi connectivity index (χ3n) is 3.37. The zero-order valence-corrected chi connectivity index (χ0v) is 13.7. The van der Waals surface area contributed by atoms with Gasteiger partial charge in [-0.3, -0.25) is 4.79 Å². The van der Waals surface area contributed by atoms with Crippen LogP contribution in [0.1, 0.15) is 28.8 Å². The number of nitrogens with zero attached hydrogens (tertiary/aromatic N) is 1. The van der Waals surface area contributed by atoms with Gasteiger partial charge in [0.05, 0.1) is 3.57 Å². The molecule has 0 saturated heterocycles. The van der Waals surface area contributed by atoms with Crippen molar-refractivity contribution in [2.75, 3.05) is 0 Å². The van der Waals surface area contributed by atoms with E-state index in [-0.39, 0.29) is 11.7 Å². The third-order valence-corrected chi connectivity index (χ3v) is 5.02. The predicted octanol–water partition coefficient (Wildman–Crippen LogP) is 3.86. The second-order valence-electron chi connectivity index (χ2n) is 4.96. The summed E-state index contributed by atoms with van der Waals surface area (Å²) in [5.41, 5.74) is 1.73. The maximum atomic E-state index is 12.6. The molecule has 5 heteroatoms. The van der Waals surface area contributed by atoms with Gasteiger partial charge in [0, 0.05) is 18.2 Å². The summed E-state index contributed by atoms with van der Waals surface area (Å²) in [7, 11) is 0. The molecular weight excluding hydrogens is 385 g/mol. The zero-order valence-electron chi connectivity index (χ0n) is 10.8. The standard InChI is InChI=1S/C15H14INO2S/c16-13-4-1-11(7-14(13)18)15(19)17(12-2-3-12)8-10-5-6-20-9-10/h1,4-7,9,12,18H,2-3,8H2. The first-order valence-electron chi connectivity index (χ1n) is 6.45. The number of carbonyl (C=O) groups is 1. The van der Waals surface area contributed by atoms with Crippen LogP contribution in [-0.4, -0.2) is 22.0 Å². The lowest BCUT2D eigenvalue weighted by Gasteiger charge is -2.22. The summed E-state index contributed by atoms with van der Waals surface area (Å²) < 4.78 is 0.759. The molecule has 0 aliphatic heterocycles. The van der Waals surface area contributed by atoms with Crippen LogP contribution in [0, 0.1) is 3.57 Å². The van der Waals surface area contributed by atoms with Crippen LogP contribution in [0.2, 0.25) is 0 Å². The van der Waals surface area contributed by atoms with E-state index < -0.39 is 0 Å². The van der Waals surface area contributed by atoms with Crippen molar-refractivity contribution in [3.63, 3.8) is 0 Å². The highest BCUT2D eigenvalue weighted by atomic mass is 127. The van der Waals surface area contributed by atoms with Crippen LogP contribution in [0.15, 0.2) is 35.0 Å². The van der Waals surface area contributed by atoms with Gasteiger partial charge in [0.15, 0.2) is 0 Å². The second kappa shape index (κ2) is 5.73. The van der Waals surface area contributed by atoms with Crippen molar-refractivity contribution >= 4 is 39.8 Å². The van der Waals surface area contributed by atoms with Crippen molar-refractivity contribution in [3.05, 3.63) is 49.7 Å². The monoisotopic (exact) mass is 399 g/mol. The Labute approximate surface area is 135 Å². The molecule has 1 amide bonds. The molecule has 1 saturated carbocycles. The highest BCUT2D eigenvalue weighted by molar-refractivity contribution is 14.1. The molecule has 1 aromatic heterocycles. The van der Waals surface area contributed by atoms with Gasteiger partial charge in [0.2, 0.25) is 0 Å². The van der Waals surface area contributed by atoms with E-state index in [2.05, 4.69) is 34.0 Å². The molecule has 1 heterocycles. The fraction of sp³-hybridized carbons (Fsp3) is 0.267. The number of rotatable bonds is 4. The van der Waals surface area contributed by atoms with Crippen molar-refractivity contribution < 1.29 is 9.90 Å². The van der Waals surface area contributed by atoms with Crippen molar-refractivity contribution in [3.8, 4) is 5.75 Å². The molecule has 1 aromatic carbocycles. The molecule has 1 N–H and O–H groups in total. The zero-order chi connectivity index (χ0) is 14.1. The predicted molar refractivity (Wildman–Crippen MR) is 88.0 cm³/mol. The quantitative estimate of drug-likeness (QED) is 0.794. The molecule has 104 valence electrons. The summed E-state index contributed by atoms with van der Waals surface area (Å²) in [6.45, 7) is 0.653. The van der Waals surface area contributed by atoms with Crippen molar-refractivity contribution in [1.82, 2.24) is 4.90 Å². The van der Waals surface area contributed by atoms with Gasteiger partial charge in [-0.15, -0.1) is 0 Å². The minimum Gasteiger partial charge on any atom is -0.507 e. The third kappa shape index (κ3) is 2.98. The molecule has 1 fully saturated rings. The van der Waals surface area contributed by atoms with Gasteiger partial charge < -0.3 is 10.0 Å². The SMILES string of the molecule is O=C(c1ccc(I)c(O)c1)N(Cc1ccsc1)C1CC1. The van der Waals surface area contributed by atoms with E-state index in [4.69, 9.17) is 0 Å². The lowest BCUT2D eigenvalue weighted by Crippen LogP contribution is -2.32. The van der Waals surface area contributed by atoms with Crippen LogP contribution in [-0.2, 0) is 6.54 Å². The minimum absolute atomic E-state index is 0.00500. The molecule has 0 unspecified atom stereocenters. The largest absolute Gasteiger partial charge is 0.507 e. The fourth-order valence-corrected chi connectivity index (χ4v) is 3.14. The molecule has 0 bridgehead atoms. The number of thiophene rings is 1. The first-order valence-corrected chi connectivity index (χ1v) is 8.48. The molecule has 0 spiro atoms. The molecule has 20 heavy (non-hydrogen) atoms.